The summed E-state index contributed by atoms with van der Waals surface area (Å²) < 4.78 is 11.2. The third-order valence-electron chi connectivity index (χ3n) is 2.81. The first-order valence-corrected chi connectivity index (χ1v) is 7.37. The number of hydrogen-bond donors (Lipinski definition) is 1. The van der Waals surface area contributed by atoms with Gasteiger partial charge in [-0.3, -0.25) is 0 Å². The van der Waals surface area contributed by atoms with Crippen molar-refractivity contribution in [2.45, 2.75) is 19.9 Å². The Morgan fingerprint density at radius 1 is 1.15 bits per heavy atom. The largest absolute Gasteiger partial charge is 0.494 e. The Kier molecular flexibility index (Phi) is 9.04. The molecule has 0 spiro atoms. The first kappa shape index (κ1) is 17.0. The number of rotatable bonds is 11. The van der Waals surface area contributed by atoms with E-state index in [1.807, 2.05) is 12.1 Å². The van der Waals surface area contributed by atoms with Crippen LogP contribution in [-0.4, -0.2) is 51.9 Å². The van der Waals surface area contributed by atoms with Crippen LogP contribution in [0.3, 0.4) is 0 Å². The van der Waals surface area contributed by atoms with E-state index < -0.39 is 0 Å². The van der Waals surface area contributed by atoms with Crippen LogP contribution in [0.2, 0.25) is 0 Å². The molecule has 0 aliphatic carbocycles. The summed E-state index contributed by atoms with van der Waals surface area (Å²) in [5.74, 6) is 0.952. The molecule has 0 aromatic heterocycles. The maximum absolute atomic E-state index is 5.62. The predicted octanol–water partition coefficient (Wildman–Crippen LogP) is 2.14. The summed E-state index contributed by atoms with van der Waals surface area (Å²) in [4.78, 5) is 2.12. The van der Waals surface area contributed by atoms with Gasteiger partial charge in [0.05, 0.1) is 19.8 Å². The summed E-state index contributed by atoms with van der Waals surface area (Å²) in [5.41, 5.74) is 1.24. The van der Waals surface area contributed by atoms with Crippen molar-refractivity contribution < 1.29 is 9.47 Å². The van der Waals surface area contributed by atoms with E-state index >= 15 is 0 Å². The molecule has 4 heteroatoms. The number of hydrogen-bond acceptors (Lipinski definition) is 4. The molecule has 1 aromatic carbocycles. The Bertz CT molecular complexity index is 356. The second-order valence-electron chi connectivity index (χ2n) is 5.09. The van der Waals surface area contributed by atoms with Crippen LogP contribution in [0.5, 0.6) is 5.75 Å². The minimum Gasteiger partial charge on any atom is -0.494 e. The van der Waals surface area contributed by atoms with Gasteiger partial charge in [-0.2, -0.15) is 0 Å². The van der Waals surface area contributed by atoms with Crippen LogP contribution in [0.25, 0.3) is 0 Å². The van der Waals surface area contributed by atoms with E-state index in [4.69, 9.17) is 9.47 Å². The molecule has 0 amide bonds. The van der Waals surface area contributed by atoms with Gasteiger partial charge in [0.15, 0.2) is 0 Å². The minimum atomic E-state index is 0.750. The molecule has 0 bridgehead atoms. The second kappa shape index (κ2) is 10.7. The van der Waals surface area contributed by atoms with E-state index in [1.165, 1.54) is 5.56 Å². The molecule has 1 rings (SSSR count). The van der Waals surface area contributed by atoms with Crippen molar-refractivity contribution in [3.05, 3.63) is 29.8 Å². The summed E-state index contributed by atoms with van der Waals surface area (Å²) in [6.45, 7) is 7.11. The van der Waals surface area contributed by atoms with Crippen molar-refractivity contribution in [2.75, 3.05) is 47.0 Å². The molecular formula is C16H28N2O2. The van der Waals surface area contributed by atoms with E-state index in [1.54, 1.807) is 0 Å². The van der Waals surface area contributed by atoms with Gasteiger partial charge in [-0.25, -0.2) is 0 Å². The van der Waals surface area contributed by atoms with E-state index in [-0.39, 0.29) is 0 Å². The lowest BCUT2D eigenvalue weighted by molar-refractivity contribution is 0.119. The Labute approximate surface area is 123 Å². The van der Waals surface area contributed by atoms with Crippen molar-refractivity contribution in [1.29, 1.82) is 0 Å². The fourth-order valence-electron chi connectivity index (χ4n) is 1.69. The highest BCUT2D eigenvalue weighted by molar-refractivity contribution is 5.28. The molecule has 0 fully saturated rings. The van der Waals surface area contributed by atoms with Crippen LogP contribution in [0.15, 0.2) is 24.3 Å². The van der Waals surface area contributed by atoms with Crippen LogP contribution in [0.4, 0.5) is 0 Å². The highest BCUT2D eigenvalue weighted by atomic mass is 16.5. The summed E-state index contributed by atoms with van der Waals surface area (Å²) in [7, 11) is 4.10. The van der Waals surface area contributed by atoms with Gasteiger partial charge in [0.2, 0.25) is 0 Å². The molecule has 114 valence electrons. The lowest BCUT2D eigenvalue weighted by atomic mass is 10.2. The number of ether oxygens (including phenoxy) is 2. The average molecular weight is 280 g/mol. The van der Waals surface area contributed by atoms with Gasteiger partial charge in [0.25, 0.3) is 0 Å². The molecule has 1 N–H and O–H groups in total. The fourth-order valence-corrected chi connectivity index (χ4v) is 1.69. The number of likely N-dealkylation sites (N-methyl/N-ethyl adjacent to an activating group) is 1. The topological polar surface area (TPSA) is 33.7 Å². The molecule has 0 heterocycles. The van der Waals surface area contributed by atoms with Gasteiger partial charge in [-0.1, -0.05) is 19.1 Å². The monoisotopic (exact) mass is 280 g/mol. The van der Waals surface area contributed by atoms with Gasteiger partial charge in [-0.15, -0.1) is 0 Å². The van der Waals surface area contributed by atoms with E-state index in [0.717, 1.165) is 51.6 Å². The Morgan fingerprint density at radius 2 is 2.00 bits per heavy atom. The van der Waals surface area contributed by atoms with Gasteiger partial charge in [-0.05, 0) is 38.2 Å². The summed E-state index contributed by atoms with van der Waals surface area (Å²) in [5, 5.41) is 3.38. The van der Waals surface area contributed by atoms with Crippen LogP contribution in [0.1, 0.15) is 18.9 Å². The maximum Gasteiger partial charge on any atom is 0.119 e. The van der Waals surface area contributed by atoms with Gasteiger partial charge in [0, 0.05) is 19.6 Å². The third-order valence-corrected chi connectivity index (χ3v) is 2.81. The van der Waals surface area contributed by atoms with Crippen LogP contribution >= 0.6 is 0 Å². The molecule has 0 saturated carbocycles. The lowest BCUT2D eigenvalue weighted by Gasteiger charge is -2.10. The van der Waals surface area contributed by atoms with Gasteiger partial charge < -0.3 is 19.7 Å². The summed E-state index contributed by atoms with van der Waals surface area (Å²) in [6.07, 6.45) is 1.03. The smallest absolute Gasteiger partial charge is 0.119 e. The van der Waals surface area contributed by atoms with Crippen LogP contribution < -0.4 is 10.1 Å². The highest BCUT2D eigenvalue weighted by Gasteiger charge is 1.97. The standard InChI is InChI=1S/C16H28N2O2/c1-4-10-20-16-7-5-6-15(13-16)14-17-8-11-19-12-9-18(2)3/h5-7,13,17H,4,8-12,14H2,1-3H3. The second-order valence-corrected chi connectivity index (χ2v) is 5.09. The first-order valence-electron chi connectivity index (χ1n) is 7.37. The number of benzene rings is 1. The fraction of sp³-hybridized carbons (Fsp3) is 0.625. The molecule has 4 nitrogen and oxygen atoms in total. The molecule has 0 aliphatic rings. The maximum atomic E-state index is 5.62. The Balaban J connectivity index is 2.12. The summed E-state index contributed by atoms with van der Waals surface area (Å²) >= 11 is 0. The Morgan fingerprint density at radius 3 is 2.75 bits per heavy atom. The van der Waals surface area contributed by atoms with E-state index in [9.17, 15) is 0 Å². The third kappa shape index (κ3) is 8.15. The number of nitrogens with zero attached hydrogens (tertiary/aromatic N) is 1. The van der Waals surface area contributed by atoms with Crippen LogP contribution in [-0.2, 0) is 11.3 Å². The van der Waals surface area contributed by atoms with Crippen molar-refractivity contribution in [2.24, 2.45) is 0 Å². The van der Waals surface area contributed by atoms with Gasteiger partial charge in [0.1, 0.15) is 5.75 Å². The van der Waals surface area contributed by atoms with Crippen molar-refractivity contribution >= 4 is 0 Å². The van der Waals surface area contributed by atoms with E-state index in [0.29, 0.717) is 0 Å². The lowest BCUT2D eigenvalue weighted by Crippen LogP contribution is -2.23. The first-order chi connectivity index (χ1) is 9.72. The van der Waals surface area contributed by atoms with Crippen molar-refractivity contribution in [3.63, 3.8) is 0 Å². The molecule has 20 heavy (non-hydrogen) atoms. The van der Waals surface area contributed by atoms with Crippen LogP contribution in [0, 0.1) is 0 Å². The molecule has 0 radical (unpaired) electrons. The number of nitrogens with one attached hydrogen (secondary N) is 1. The Hall–Kier alpha value is -1.10. The molecular weight excluding hydrogens is 252 g/mol. The average Bonchev–Trinajstić information content (AvgIpc) is 2.44. The van der Waals surface area contributed by atoms with E-state index in [2.05, 4.69) is 43.4 Å². The SMILES string of the molecule is CCCOc1cccc(CNCCOCCN(C)C)c1. The molecule has 0 aliphatic heterocycles. The molecule has 0 atom stereocenters. The van der Waals surface area contributed by atoms with Gasteiger partial charge >= 0.3 is 0 Å². The molecule has 1 aromatic rings. The summed E-state index contributed by atoms with van der Waals surface area (Å²) in [6, 6.07) is 8.24. The minimum absolute atomic E-state index is 0.750. The zero-order valence-electron chi connectivity index (χ0n) is 13.0. The van der Waals surface area contributed by atoms with Crippen molar-refractivity contribution in [1.82, 2.24) is 10.2 Å². The quantitative estimate of drug-likeness (QED) is 0.630. The zero-order chi connectivity index (χ0) is 14.6. The zero-order valence-corrected chi connectivity index (χ0v) is 13.0. The normalized spacial score (nSPS) is 11.0. The molecule has 0 unspecified atom stereocenters. The highest BCUT2D eigenvalue weighted by Crippen LogP contribution is 2.13. The molecule has 0 saturated heterocycles. The van der Waals surface area contributed by atoms with Crippen molar-refractivity contribution in [3.8, 4) is 5.75 Å². The predicted molar refractivity (Wildman–Crippen MR) is 83.3 cm³/mol.